The van der Waals surface area contributed by atoms with E-state index in [2.05, 4.69) is 25.6 Å². The van der Waals surface area contributed by atoms with Gasteiger partial charge in [-0.1, -0.05) is 18.2 Å². The van der Waals surface area contributed by atoms with E-state index in [-0.39, 0.29) is 17.4 Å². The highest BCUT2D eigenvalue weighted by atomic mass is 19.1. The summed E-state index contributed by atoms with van der Waals surface area (Å²) in [6, 6.07) is 16.8. The van der Waals surface area contributed by atoms with Crippen molar-refractivity contribution < 1.29 is 9.18 Å². The van der Waals surface area contributed by atoms with E-state index >= 15 is 0 Å². The Bertz CT molecular complexity index is 1160. The average molecular weight is 373 g/mol. The number of carbonyl (C=O) groups is 1. The maximum absolute atomic E-state index is 13.1. The number of hydrogen-bond acceptors (Lipinski definition) is 5. The minimum Gasteiger partial charge on any atom is -0.340 e. The van der Waals surface area contributed by atoms with Gasteiger partial charge >= 0.3 is 0 Å². The van der Waals surface area contributed by atoms with Crippen molar-refractivity contribution in [2.24, 2.45) is 0 Å². The van der Waals surface area contributed by atoms with Gasteiger partial charge in [0.15, 0.2) is 0 Å². The number of pyridine rings is 1. The number of carbonyl (C=O) groups excluding carboxylic acids is 1. The molecule has 138 valence electrons. The third kappa shape index (κ3) is 3.78. The van der Waals surface area contributed by atoms with Gasteiger partial charge in [0.2, 0.25) is 0 Å². The number of nitrogens with zero attached hydrogens (tertiary/aromatic N) is 3. The number of amides is 1. The van der Waals surface area contributed by atoms with Gasteiger partial charge in [-0.15, -0.1) is 0 Å². The Morgan fingerprint density at radius 1 is 1.00 bits per heavy atom. The predicted molar refractivity (Wildman–Crippen MR) is 106 cm³/mol. The highest BCUT2D eigenvalue weighted by molar-refractivity contribution is 6.07. The molecule has 0 radical (unpaired) electrons. The molecule has 2 N–H and O–H groups in total. The van der Waals surface area contributed by atoms with E-state index in [0.29, 0.717) is 28.5 Å². The lowest BCUT2D eigenvalue weighted by molar-refractivity contribution is 0.102. The average Bonchev–Trinajstić information content (AvgIpc) is 2.69. The molecule has 2 heterocycles. The number of rotatable bonds is 4. The summed E-state index contributed by atoms with van der Waals surface area (Å²) < 4.78 is 13.1. The molecule has 28 heavy (non-hydrogen) atoms. The van der Waals surface area contributed by atoms with Crippen molar-refractivity contribution in [3.63, 3.8) is 0 Å². The van der Waals surface area contributed by atoms with Crippen molar-refractivity contribution in [1.82, 2.24) is 15.0 Å². The number of nitrogens with one attached hydrogen (secondary N) is 2. The van der Waals surface area contributed by atoms with E-state index in [0.717, 1.165) is 5.39 Å². The van der Waals surface area contributed by atoms with Gasteiger partial charge in [-0.2, -0.15) is 0 Å². The molecule has 2 aromatic carbocycles. The maximum Gasteiger partial charge on any atom is 0.274 e. The molecule has 0 saturated carbocycles. The highest BCUT2D eigenvalue weighted by Gasteiger charge is 2.13. The van der Waals surface area contributed by atoms with Crippen LogP contribution in [0.15, 0.2) is 66.9 Å². The first-order valence-corrected chi connectivity index (χ1v) is 8.62. The molecule has 1 amide bonds. The van der Waals surface area contributed by atoms with Gasteiger partial charge in [0.1, 0.15) is 23.2 Å². The fraction of sp³-hybridized carbons (Fsp3) is 0.0476. The lowest BCUT2D eigenvalue weighted by Gasteiger charge is -2.10. The molecule has 0 unspecified atom stereocenters. The predicted octanol–water partition coefficient (Wildman–Crippen LogP) is 4.47. The van der Waals surface area contributed by atoms with Crippen LogP contribution in [0.5, 0.6) is 0 Å². The van der Waals surface area contributed by atoms with Crippen molar-refractivity contribution in [3.05, 3.63) is 84.2 Å². The van der Waals surface area contributed by atoms with Gasteiger partial charge in [0.25, 0.3) is 5.91 Å². The SMILES string of the molecule is Cc1nc(Nc2ccc(F)cc2)cc(C(=O)Nc2cccc3cccnc23)n1. The zero-order valence-electron chi connectivity index (χ0n) is 15.0. The minimum atomic E-state index is -0.370. The van der Waals surface area contributed by atoms with Crippen LogP contribution in [0.25, 0.3) is 10.9 Å². The fourth-order valence-electron chi connectivity index (χ4n) is 2.82. The van der Waals surface area contributed by atoms with Crippen LogP contribution < -0.4 is 10.6 Å². The van der Waals surface area contributed by atoms with Crippen molar-refractivity contribution in [2.75, 3.05) is 10.6 Å². The number of para-hydroxylation sites is 1. The van der Waals surface area contributed by atoms with E-state index in [1.165, 1.54) is 12.1 Å². The van der Waals surface area contributed by atoms with Gasteiger partial charge in [0, 0.05) is 23.3 Å². The van der Waals surface area contributed by atoms with Gasteiger partial charge < -0.3 is 10.6 Å². The fourth-order valence-corrected chi connectivity index (χ4v) is 2.82. The van der Waals surface area contributed by atoms with Crippen LogP contribution in [0, 0.1) is 12.7 Å². The standard InChI is InChI=1S/C21H16FN5O/c1-13-24-18(12-19(25-13)26-16-9-7-15(22)8-10-16)21(28)27-17-6-2-4-14-5-3-11-23-20(14)17/h2-12H,1H3,(H,27,28)(H,24,25,26). The normalized spacial score (nSPS) is 10.6. The van der Waals surface area contributed by atoms with Crippen LogP contribution in [-0.4, -0.2) is 20.9 Å². The topological polar surface area (TPSA) is 79.8 Å². The Morgan fingerprint density at radius 3 is 2.61 bits per heavy atom. The summed E-state index contributed by atoms with van der Waals surface area (Å²) in [4.78, 5) is 25.6. The first-order chi connectivity index (χ1) is 13.6. The lowest BCUT2D eigenvalue weighted by atomic mass is 10.2. The molecule has 2 aromatic heterocycles. The molecule has 6 nitrogen and oxygen atoms in total. The smallest absolute Gasteiger partial charge is 0.274 e. The molecule has 0 aliphatic carbocycles. The van der Waals surface area contributed by atoms with Gasteiger partial charge in [0.05, 0.1) is 11.2 Å². The number of hydrogen-bond donors (Lipinski definition) is 2. The zero-order valence-corrected chi connectivity index (χ0v) is 15.0. The summed E-state index contributed by atoms with van der Waals surface area (Å²) in [6.45, 7) is 1.70. The van der Waals surface area contributed by atoms with E-state index in [9.17, 15) is 9.18 Å². The maximum atomic E-state index is 13.1. The van der Waals surface area contributed by atoms with E-state index in [1.54, 1.807) is 37.4 Å². The van der Waals surface area contributed by atoms with Crippen LogP contribution >= 0.6 is 0 Å². The number of halogens is 1. The van der Waals surface area contributed by atoms with Crippen LogP contribution in [0.3, 0.4) is 0 Å². The minimum absolute atomic E-state index is 0.213. The second-order valence-electron chi connectivity index (χ2n) is 6.15. The molecule has 4 rings (SSSR count). The molecule has 0 atom stereocenters. The number of benzene rings is 2. The Balaban J connectivity index is 1.60. The molecule has 0 bridgehead atoms. The van der Waals surface area contributed by atoms with Crippen LogP contribution in [0.1, 0.15) is 16.3 Å². The Hall–Kier alpha value is -3.87. The summed E-state index contributed by atoms with van der Waals surface area (Å²) >= 11 is 0. The molecule has 0 saturated heterocycles. The number of fused-ring (bicyclic) bond motifs is 1. The van der Waals surface area contributed by atoms with Crippen molar-refractivity contribution in [1.29, 1.82) is 0 Å². The molecule has 0 fully saturated rings. The first-order valence-electron chi connectivity index (χ1n) is 8.62. The largest absolute Gasteiger partial charge is 0.340 e. The summed E-state index contributed by atoms with van der Waals surface area (Å²) in [7, 11) is 0. The Kier molecular flexibility index (Phi) is 4.63. The van der Waals surface area contributed by atoms with Crippen LogP contribution in [0.2, 0.25) is 0 Å². The van der Waals surface area contributed by atoms with E-state index < -0.39 is 0 Å². The van der Waals surface area contributed by atoms with Gasteiger partial charge in [-0.25, -0.2) is 14.4 Å². The second-order valence-corrected chi connectivity index (χ2v) is 6.15. The highest BCUT2D eigenvalue weighted by Crippen LogP contribution is 2.22. The van der Waals surface area contributed by atoms with Crippen molar-refractivity contribution >= 4 is 34.0 Å². The first kappa shape index (κ1) is 17.5. The monoisotopic (exact) mass is 373 g/mol. The molecular formula is C21H16FN5O. The zero-order chi connectivity index (χ0) is 19.5. The summed E-state index contributed by atoms with van der Waals surface area (Å²) in [6.07, 6.45) is 1.68. The van der Waals surface area contributed by atoms with E-state index in [4.69, 9.17) is 0 Å². The number of anilines is 3. The number of aromatic nitrogens is 3. The van der Waals surface area contributed by atoms with Crippen LogP contribution in [-0.2, 0) is 0 Å². The van der Waals surface area contributed by atoms with Crippen molar-refractivity contribution in [3.8, 4) is 0 Å². The second kappa shape index (κ2) is 7.40. The molecule has 0 aliphatic rings. The third-order valence-corrected chi connectivity index (χ3v) is 4.07. The van der Waals surface area contributed by atoms with E-state index in [1.807, 2.05) is 24.3 Å². The molecule has 0 spiro atoms. The van der Waals surface area contributed by atoms with Gasteiger partial charge in [-0.05, 0) is 43.3 Å². The quantitative estimate of drug-likeness (QED) is 0.552. The van der Waals surface area contributed by atoms with Crippen LogP contribution in [0.4, 0.5) is 21.6 Å². The third-order valence-electron chi connectivity index (χ3n) is 4.07. The molecule has 7 heteroatoms. The molecular weight excluding hydrogens is 357 g/mol. The summed E-state index contributed by atoms with van der Waals surface area (Å²) in [5, 5.41) is 6.84. The molecule has 0 aliphatic heterocycles. The summed E-state index contributed by atoms with van der Waals surface area (Å²) in [5.74, 6) is 0.188. The lowest BCUT2D eigenvalue weighted by Crippen LogP contribution is -2.15. The Labute approximate surface area is 160 Å². The summed E-state index contributed by atoms with van der Waals surface area (Å²) in [5.41, 5.74) is 2.18. The van der Waals surface area contributed by atoms with Gasteiger partial charge in [-0.3, -0.25) is 9.78 Å². The Morgan fingerprint density at radius 2 is 1.79 bits per heavy atom. The molecule has 4 aromatic rings. The number of aryl methyl sites for hydroxylation is 1. The van der Waals surface area contributed by atoms with Crippen molar-refractivity contribution in [2.45, 2.75) is 6.92 Å².